The van der Waals surface area contributed by atoms with Gasteiger partial charge in [0, 0.05) is 9.17 Å². The first-order chi connectivity index (χ1) is 5.68. The molecule has 0 unspecified atom stereocenters. The Balaban J connectivity index is 2.87. The highest BCUT2D eigenvalue weighted by molar-refractivity contribution is 9.10. The van der Waals surface area contributed by atoms with Crippen LogP contribution in [0, 0.1) is 6.92 Å². The second kappa shape index (κ2) is 3.02. The van der Waals surface area contributed by atoms with Gasteiger partial charge < -0.3 is 0 Å². The van der Waals surface area contributed by atoms with Gasteiger partial charge in [-0.3, -0.25) is 0 Å². The van der Waals surface area contributed by atoms with Crippen LogP contribution in [0.2, 0.25) is 5.02 Å². The molecule has 0 amide bonds. The third-order valence-corrected chi connectivity index (χ3v) is 4.07. The third-order valence-electron chi connectivity index (χ3n) is 1.81. The van der Waals surface area contributed by atoms with Crippen LogP contribution in [0.4, 0.5) is 0 Å². The van der Waals surface area contributed by atoms with Crippen molar-refractivity contribution in [3.8, 4) is 0 Å². The fourth-order valence-electron chi connectivity index (χ4n) is 1.15. The SMILES string of the molecule is Cc1csc2cc(Cl)c(Br)cc12. The van der Waals surface area contributed by atoms with Gasteiger partial charge in [0.15, 0.2) is 0 Å². The van der Waals surface area contributed by atoms with Crippen molar-refractivity contribution in [2.24, 2.45) is 0 Å². The van der Waals surface area contributed by atoms with Gasteiger partial charge in [0.05, 0.1) is 5.02 Å². The third kappa shape index (κ3) is 1.28. The number of hydrogen-bond donors (Lipinski definition) is 0. The molecule has 1 heterocycles. The summed E-state index contributed by atoms with van der Waals surface area (Å²) in [5, 5.41) is 4.22. The van der Waals surface area contributed by atoms with Crippen molar-refractivity contribution in [1.29, 1.82) is 0 Å². The molecule has 62 valence electrons. The van der Waals surface area contributed by atoms with E-state index in [1.54, 1.807) is 11.3 Å². The van der Waals surface area contributed by atoms with Crippen LogP contribution in [0.15, 0.2) is 22.0 Å². The van der Waals surface area contributed by atoms with E-state index < -0.39 is 0 Å². The van der Waals surface area contributed by atoms with Crippen LogP contribution in [0.25, 0.3) is 10.1 Å². The van der Waals surface area contributed by atoms with E-state index in [0.29, 0.717) is 0 Å². The number of fused-ring (bicyclic) bond motifs is 1. The van der Waals surface area contributed by atoms with Gasteiger partial charge in [-0.05, 0) is 51.3 Å². The van der Waals surface area contributed by atoms with Crippen LogP contribution in [-0.2, 0) is 0 Å². The molecular weight excluding hydrogens is 256 g/mol. The Bertz CT molecular complexity index is 433. The van der Waals surface area contributed by atoms with Gasteiger partial charge in [-0.1, -0.05) is 11.6 Å². The van der Waals surface area contributed by atoms with Crippen molar-refractivity contribution in [3.63, 3.8) is 0 Å². The molecule has 0 spiro atoms. The molecule has 0 aliphatic rings. The predicted octanol–water partition coefficient (Wildman–Crippen LogP) is 4.63. The first-order valence-corrected chi connectivity index (χ1v) is 5.56. The van der Waals surface area contributed by atoms with Crippen molar-refractivity contribution in [3.05, 3.63) is 32.6 Å². The molecule has 0 atom stereocenters. The van der Waals surface area contributed by atoms with Gasteiger partial charge >= 0.3 is 0 Å². The molecule has 0 aliphatic heterocycles. The number of benzene rings is 1. The lowest BCUT2D eigenvalue weighted by atomic mass is 10.2. The van der Waals surface area contributed by atoms with Crippen molar-refractivity contribution in [2.45, 2.75) is 6.92 Å². The fraction of sp³-hybridized carbons (Fsp3) is 0.111. The zero-order valence-corrected chi connectivity index (χ0v) is 9.55. The van der Waals surface area contributed by atoms with Gasteiger partial charge in [0.25, 0.3) is 0 Å². The van der Waals surface area contributed by atoms with Crippen molar-refractivity contribution >= 4 is 49.0 Å². The van der Waals surface area contributed by atoms with Crippen molar-refractivity contribution in [2.75, 3.05) is 0 Å². The van der Waals surface area contributed by atoms with Gasteiger partial charge in [-0.25, -0.2) is 0 Å². The molecule has 0 bridgehead atoms. The first-order valence-electron chi connectivity index (χ1n) is 3.51. The van der Waals surface area contributed by atoms with Gasteiger partial charge in [0.1, 0.15) is 0 Å². The van der Waals surface area contributed by atoms with Crippen LogP contribution in [-0.4, -0.2) is 0 Å². The maximum atomic E-state index is 5.96. The van der Waals surface area contributed by atoms with E-state index in [1.807, 2.05) is 6.07 Å². The van der Waals surface area contributed by atoms with Gasteiger partial charge in [0.2, 0.25) is 0 Å². The van der Waals surface area contributed by atoms with Crippen LogP contribution in [0.3, 0.4) is 0 Å². The molecule has 0 saturated carbocycles. The number of thiophene rings is 1. The lowest BCUT2D eigenvalue weighted by Gasteiger charge is -1.96. The Morgan fingerprint density at radius 3 is 2.92 bits per heavy atom. The van der Waals surface area contributed by atoms with Crippen molar-refractivity contribution < 1.29 is 0 Å². The molecule has 0 radical (unpaired) electrons. The zero-order chi connectivity index (χ0) is 8.72. The minimum absolute atomic E-state index is 0.782. The average Bonchev–Trinajstić information content (AvgIpc) is 2.35. The summed E-state index contributed by atoms with van der Waals surface area (Å²) >= 11 is 11.1. The van der Waals surface area contributed by atoms with Crippen LogP contribution < -0.4 is 0 Å². The molecule has 1 aromatic carbocycles. The summed E-state index contributed by atoms with van der Waals surface area (Å²) in [6.45, 7) is 2.11. The molecule has 0 aliphatic carbocycles. The molecule has 1 aromatic heterocycles. The maximum absolute atomic E-state index is 5.96. The highest BCUT2D eigenvalue weighted by Gasteiger charge is 2.03. The topological polar surface area (TPSA) is 0 Å². The van der Waals surface area contributed by atoms with Crippen LogP contribution >= 0.6 is 38.9 Å². The summed E-state index contributed by atoms with van der Waals surface area (Å²) in [6.07, 6.45) is 0. The monoisotopic (exact) mass is 260 g/mol. The lowest BCUT2D eigenvalue weighted by molar-refractivity contribution is 1.59. The standard InChI is InChI=1S/C9H6BrClS/c1-5-4-12-9-3-8(11)7(10)2-6(5)9/h2-4H,1H3. The average molecular weight is 262 g/mol. The minimum atomic E-state index is 0.782. The molecule has 2 rings (SSSR count). The number of halogens is 2. The summed E-state index contributed by atoms with van der Waals surface area (Å²) in [4.78, 5) is 0. The van der Waals surface area contributed by atoms with Gasteiger partial charge in [-0.2, -0.15) is 0 Å². The largest absolute Gasteiger partial charge is 0.143 e. The van der Waals surface area contributed by atoms with E-state index in [-0.39, 0.29) is 0 Å². The maximum Gasteiger partial charge on any atom is 0.0562 e. The van der Waals surface area contributed by atoms with E-state index >= 15 is 0 Å². The normalized spacial score (nSPS) is 10.9. The van der Waals surface area contributed by atoms with Crippen LogP contribution in [0.1, 0.15) is 5.56 Å². The summed E-state index contributed by atoms with van der Waals surface area (Å²) in [5.74, 6) is 0. The molecule has 12 heavy (non-hydrogen) atoms. The molecule has 2 aromatic rings. The molecule has 0 N–H and O–H groups in total. The number of aryl methyl sites for hydroxylation is 1. The van der Waals surface area contributed by atoms with Crippen molar-refractivity contribution in [1.82, 2.24) is 0 Å². The summed E-state index contributed by atoms with van der Waals surface area (Å²) in [6, 6.07) is 4.07. The Hall–Kier alpha value is -0.0500. The van der Waals surface area contributed by atoms with E-state index in [2.05, 4.69) is 34.3 Å². The van der Waals surface area contributed by atoms with E-state index in [4.69, 9.17) is 11.6 Å². The lowest BCUT2D eigenvalue weighted by Crippen LogP contribution is -1.70. The Kier molecular flexibility index (Phi) is 2.15. The predicted molar refractivity (Wildman–Crippen MR) is 59.3 cm³/mol. The Labute approximate surface area is 88.3 Å². The minimum Gasteiger partial charge on any atom is -0.143 e. The molecule has 0 saturated heterocycles. The van der Waals surface area contributed by atoms with E-state index in [1.165, 1.54) is 15.6 Å². The van der Waals surface area contributed by atoms with E-state index in [9.17, 15) is 0 Å². The molecule has 0 nitrogen and oxygen atoms in total. The Morgan fingerprint density at radius 2 is 2.17 bits per heavy atom. The highest BCUT2D eigenvalue weighted by atomic mass is 79.9. The number of rotatable bonds is 0. The smallest absolute Gasteiger partial charge is 0.0562 e. The Morgan fingerprint density at radius 1 is 1.42 bits per heavy atom. The summed E-state index contributed by atoms with van der Waals surface area (Å²) < 4.78 is 2.22. The quantitative estimate of drug-likeness (QED) is 0.649. The zero-order valence-electron chi connectivity index (χ0n) is 6.40. The fourth-order valence-corrected chi connectivity index (χ4v) is 2.68. The first kappa shape index (κ1) is 8.54. The van der Waals surface area contributed by atoms with Crippen LogP contribution in [0.5, 0.6) is 0 Å². The summed E-state index contributed by atoms with van der Waals surface area (Å²) in [7, 11) is 0. The van der Waals surface area contributed by atoms with Gasteiger partial charge in [-0.15, -0.1) is 11.3 Å². The molecule has 3 heteroatoms. The highest BCUT2D eigenvalue weighted by Crippen LogP contribution is 2.33. The molecular formula is C9H6BrClS. The second-order valence-corrected chi connectivity index (χ2v) is 4.85. The van der Waals surface area contributed by atoms with E-state index in [0.717, 1.165) is 9.50 Å². The second-order valence-electron chi connectivity index (χ2n) is 2.68. The molecule has 0 fully saturated rings. The number of hydrogen-bond acceptors (Lipinski definition) is 1. The summed E-state index contributed by atoms with van der Waals surface area (Å²) in [5.41, 5.74) is 1.31.